The Morgan fingerprint density at radius 1 is 1.16 bits per heavy atom. The summed E-state index contributed by atoms with van der Waals surface area (Å²) in [4.78, 5) is 6.87. The lowest BCUT2D eigenvalue weighted by atomic mass is 9.96. The molecule has 7 heteroatoms. The monoisotopic (exact) mass is 428 g/mol. The van der Waals surface area contributed by atoms with Crippen molar-refractivity contribution in [3.8, 4) is 5.75 Å². The summed E-state index contributed by atoms with van der Waals surface area (Å²) in [6, 6.07) is 12.2. The Hall–Kier alpha value is -2.51. The van der Waals surface area contributed by atoms with Crippen LogP contribution in [0.25, 0.3) is 0 Å². The van der Waals surface area contributed by atoms with Crippen molar-refractivity contribution < 1.29 is 13.9 Å². The van der Waals surface area contributed by atoms with Crippen LogP contribution in [0.15, 0.2) is 52.1 Å². The van der Waals surface area contributed by atoms with Crippen LogP contribution in [-0.4, -0.2) is 57.8 Å². The topological polar surface area (TPSA) is 71.3 Å². The molecule has 0 amide bonds. The number of likely N-dealkylation sites (tertiary alicyclic amines) is 1. The van der Waals surface area contributed by atoms with Gasteiger partial charge in [0.1, 0.15) is 18.1 Å². The van der Waals surface area contributed by atoms with E-state index in [1.807, 2.05) is 31.3 Å². The Labute approximate surface area is 185 Å². The lowest BCUT2D eigenvalue weighted by Crippen LogP contribution is -2.43. The molecule has 1 aliphatic heterocycles. The number of benzene rings is 1. The predicted octanol–water partition coefficient (Wildman–Crippen LogP) is 3.27. The van der Waals surface area contributed by atoms with Gasteiger partial charge < -0.3 is 24.5 Å². The van der Waals surface area contributed by atoms with Crippen molar-refractivity contribution in [2.45, 2.75) is 32.4 Å². The number of methoxy groups -OCH3 is 1. The summed E-state index contributed by atoms with van der Waals surface area (Å²) in [5.41, 5.74) is 1.34. The highest BCUT2D eigenvalue weighted by Crippen LogP contribution is 2.19. The minimum absolute atomic E-state index is 0.525. The molecule has 2 N–H and O–H groups in total. The van der Waals surface area contributed by atoms with Crippen LogP contribution < -0.4 is 15.4 Å². The van der Waals surface area contributed by atoms with E-state index in [1.54, 1.807) is 13.4 Å². The number of aliphatic imine (C=N–C) groups is 1. The Kier molecular flexibility index (Phi) is 9.73. The van der Waals surface area contributed by atoms with Gasteiger partial charge >= 0.3 is 0 Å². The van der Waals surface area contributed by atoms with Crippen molar-refractivity contribution in [2.24, 2.45) is 10.9 Å². The predicted molar refractivity (Wildman–Crippen MR) is 123 cm³/mol. The highest BCUT2D eigenvalue weighted by Gasteiger charge is 2.19. The van der Waals surface area contributed by atoms with Gasteiger partial charge in [0.05, 0.1) is 13.4 Å². The van der Waals surface area contributed by atoms with Crippen molar-refractivity contribution in [2.75, 3.05) is 46.9 Å². The van der Waals surface area contributed by atoms with Crippen LogP contribution >= 0.6 is 0 Å². The highest BCUT2D eigenvalue weighted by molar-refractivity contribution is 5.79. The first-order valence-corrected chi connectivity index (χ1v) is 11.2. The fourth-order valence-electron chi connectivity index (χ4n) is 3.75. The quantitative estimate of drug-likeness (QED) is 0.325. The maximum absolute atomic E-state index is 5.61. The van der Waals surface area contributed by atoms with E-state index >= 15 is 0 Å². The molecule has 0 radical (unpaired) electrons. The zero-order chi connectivity index (χ0) is 21.7. The summed E-state index contributed by atoms with van der Waals surface area (Å²) < 4.78 is 16.1. The van der Waals surface area contributed by atoms with Crippen LogP contribution in [0.2, 0.25) is 0 Å². The second-order valence-electron chi connectivity index (χ2n) is 7.93. The van der Waals surface area contributed by atoms with Gasteiger partial charge in [-0.05, 0) is 68.1 Å². The Morgan fingerprint density at radius 3 is 2.65 bits per heavy atom. The molecule has 0 unspecified atom stereocenters. The van der Waals surface area contributed by atoms with Gasteiger partial charge in [-0.1, -0.05) is 12.1 Å². The van der Waals surface area contributed by atoms with Crippen LogP contribution in [0.1, 0.15) is 30.6 Å². The van der Waals surface area contributed by atoms with E-state index in [2.05, 4.69) is 32.7 Å². The number of ether oxygens (including phenoxy) is 2. The van der Waals surface area contributed by atoms with Gasteiger partial charge in [-0.2, -0.15) is 0 Å². The zero-order valence-electron chi connectivity index (χ0n) is 18.8. The van der Waals surface area contributed by atoms with Gasteiger partial charge in [0.15, 0.2) is 5.96 Å². The molecule has 0 bridgehead atoms. The number of hydrogen-bond donors (Lipinski definition) is 2. The molecule has 170 valence electrons. The molecule has 31 heavy (non-hydrogen) atoms. The molecule has 0 atom stereocenters. The lowest BCUT2D eigenvalue weighted by molar-refractivity contribution is 0.105. The van der Waals surface area contributed by atoms with Crippen LogP contribution in [0.3, 0.4) is 0 Å². The molecule has 2 aromatic rings. The van der Waals surface area contributed by atoms with Gasteiger partial charge in [-0.3, -0.25) is 9.89 Å². The van der Waals surface area contributed by atoms with E-state index in [0.717, 1.165) is 56.6 Å². The summed E-state index contributed by atoms with van der Waals surface area (Å²) in [5.74, 6) is 3.33. The third kappa shape index (κ3) is 8.26. The molecule has 1 aromatic carbocycles. The van der Waals surface area contributed by atoms with Gasteiger partial charge in [-0.25, -0.2) is 0 Å². The maximum Gasteiger partial charge on any atom is 0.190 e. The lowest BCUT2D eigenvalue weighted by Gasteiger charge is -2.32. The summed E-state index contributed by atoms with van der Waals surface area (Å²) in [7, 11) is 3.52. The molecule has 2 heterocycles. The molecule has 0 aliphatic carbocycles. The molecule has 0 saturated carbocycles. The SMILES string of the molecule is CN=C(NCCCOCc1ccco1)NCC1CCN(Cc2ccc(OC)cc2)CC1. The van der Waals surface area contributed by atoms with Crippen LogP contribution in [0, 0.1) is 5.92 Å². The first kappa shape index (κ1) is 23.2. The molecule has 1 fully saturated rings. The molecule has 1 aromatic heterocycles. The second-order valence-corrected chi connectivity index (χ2v) is 7.93. The zero-order valence-corrected chi connectivity index (χ0v) is 18.8. The average molecular weight is 429 g/mol. The Morgan fingerprint density at radius 2 is 1.97 bits per heavy atom. The van der Waals surface area contributed by atoms with E-state index in [4.69, 9.17) is 13.9 Å². The van der Waals surface area contributed by atoms with Crippen molar-refractivity contribution in [3.63, 3.8) is 0 Å². The molecule has 1 aliphatic rings. The van der Waals surface area contributed by atoms with Crippen LogP contribution in [0.4, 0.5) is 0 Å². The molecule has 7 nitrogen and oxygen atoms in total. The molecular weight excluding hydrogens is 392 g/mol. The largest absolute Gasteiger partial charge is 0.497 e. The average Bonchev–Trinajstić information content (AvgIpc) is 3.33. The van der Waals surface area contributed by atoms with E-state index in [0.29, 0.717) is 19.1 Å². The fraction of sp³-hybridized carbons (Fsp3) is 0.542. The van der Waals surface area contributed by atoms with Gasteiger partial charge in [0.25, 0.3) is 0 Å². The van der Waals surface area contributed by atoms with Crippen molar-refractivity contribution in [1.82, 2.24) is 15.5 Å². The second kappa shape index (κ2) is 13.0. The van der Waals surface area contributed by atoms with Gasteiger partial charge in [-0.15, -0.1) is 0 Å². The van der Waals surface area contributed by atoms with Crippen molar-refractivity contribution in [3.05, 3.63) is 54.0 Å². The third-order valence-corrected chi connectivity index (χ3v) is 5.64. The first-order chi connectivity index (χ1) is 15.3. The molecular formula is C24H36N4O3. The smallest absolute Gasteiger partial charge is 0.190 e. The van der Waals surface area contributed by atoms with Gasteiger partial charge in [0.2, 0.25) is 0 Å². The summed E-state index contributed by atoms with van der Waals surface area (Å²) in [5, 5.41) is 6.85. The molecule has 0 spiro atoms. The van der Waals surface area contributed by atoms with Crippen molar-refractivity contribution >= 4 is 5.96 Å². The number of piperidine rings is 1. The third-order valence-electron chi connectivity index (χ3n) is 5.64. The van der Waals surface area contributed by atoms with E-state index in [9.17, 15) is 0 Å². The Bertz CT molecular complexity index is 754. The van der Waals surface area contributed by atoms with Gasteiger partial charge in [0, 0.05) is 33.3 Å². The molecule has 1 saturated heterocycles. The minimum Gasteiger partial charge on any atom is -0.497 e. The maximum atomic E-state index is 5.61. The van der Waals surface area contributed by atoms with E-state index in [1.165, 1.54) is 18.4 Å². The highest BCUT2D eigenvalue weighted by atomic mass is 16.5. The summed E-state index contributed by atoms with van der Waals surface area (Å²) >= 11 is 0. The number of guanidine groups is 1. The van der Waals surface area contributed by atoms with E-state index in [-0.39, 0.29) is 0 Å². The first-order valence-electron chi connectivity index (χ1n) is 11.2. The number of rotatable bonds is 11. The van der Waals surface area contributed by atoms with Crippen LogP contribution in [0.5, 0.6) is 5.75 Å². The Balaban J connectivity index is 1.24. The minimum atomic E-state index is 0.525. The number of hydrogen-bond acceptors (Lipinski definition) is 5. The number of nitrogens with one attached hydrogen (secondary N) is 2. The fourth-order valence-corrected chi connectivity index (χ4v) is 3.75. The van der Waals surface area contributed by atoms with Crippen molar-refractivity contribution in [1.29, 1.82) is 0 Å². The standard InChI is InChI=1S/C24H36N4O3/c1-25-24(26-12-4-15-30-19-23-5-3-16-31-23)27-17-20-10-13-28(14-11-20)18-21-6-8-22(29-2)9-7-21/h3,5-9,16,20H,4,10-15,17-19H2,1-2H3,(H2,25,26,27). The summed E-state index contributed by atoms with van der Waals surface area (Å²) in [6.07, 6.45) is 5.01. The van der Waals surface area contributed by atoms with Crippen LogP contribution in [-0.2, 0) is 17.9 Å². The normalized spacial score (nSPS) is 15.7. The number of furan rings is 1. The molecule has 3 rings (SSSR count). The summed E-state index contributed by atoms with van der Waals surface area (Å²) in [6.45, 7) is 6.29. The number of nitrogens with zero attached hydrogens (tertiary/aromatic N) is 2. The van der Waals surface area contributed by atoms with E-state index < -0.39 is 0 Å².